The lowest BCUT2D eigenvalue weighted by Crippen LogP contribution is -2.54. The number of ether oxygens (including phenoxy) is 1. The second kappa shape index (κ2) is 10.5. The Morgan fingerprint density at radius 3 is 2.61 bits per heavy atom. The number of H-pyrrole nitrogens is 1. The summed E-state index contributed by atoms with van der Waals surface area (Å²) in [5.74, 6) is 6.66. The van der Waals surface area contributed by atoms with Gasteiger partial charge in [0.05, 0.1) is 29.9 Å². The number of nitrogens with one attached hydrogen (secondary N) is 3. The van der Waals surface area contributed by atoms with Crippen LogP contribution in [-0.4, -0.2) is 83.7 Å². The number of fused-ring (bicyclic) bond motifs is 1. The molecule has 2 heterocycles. The molecule has 0 bridgehead atoms. The molecule has 1 aromatic heterocycles. The van der Waals surface area contributed by atoms with Gasteiger partial charge < -0.3 is 25.5 Å². The Morgan fingerprint density at radius 1 is 1.19 bits per heavy atom. The average molecular weight is 502 g/mol. The van der Waals surface area contributed by atoms with E-state index in [1.807, 2.05) is 24.3 Å². The lowest BCUT2D eigenvalue weighted by Gasteiger charge is -2.41. The second-order valence-electron chi connectivity index (χ2n) is 8.93. The van der Waals surface area contributed by atoms with Crippen molar-refractivity contribution in [2.75, 3.05) is 43.6 Å². The molecule has 1 saturated heterocycles. The highest BCUT2D eigenvalue weighted by atomic mass is 32.2. The van der Waals surface area contributed by atoms with Crippen LogP contribution in [0.1, 0.15) is 18.5 Å². The number of hydrogen-bond acceptors (Lipinski definition) is 7. The van der Waals surface area contributed by atoms with Crippen molar-refractivity contribution in [2.24, 2.45) is 0 Å². The summed E-state index contributed by atoms with van der Waals surface area (Å²) in [6.45, 7) is 1.56. The first-order valence-corrected chi connectivity index (χ1v) is 13.5. The smallest absolute Gasteiger partial charge is 0.175 e. The van der Waals surface area contributed by atoms with Gasteiger partial charge in [0.2, 0.25) is 0 Å². The lowest BCUT2D eigenvalue weighted by molar-refractivity contribution is 0.0160. The van der Waals surface area contributed by atoms with Gasteiger partial charge in [0.15, 0.2) is 9.84 Å². The molecule has 4 rings (SSSR count). The third-order valence-corrected chi connectivity index (χ3v) is 7.33. The molecule has 36 heavy (non-hydrogen) atoms. The lowest BCUT2D eigenvalue weighted by atomic mass is 9.71. The van der Waals surface area contributed by atoms with Crippen LogP contribution in [0.15, 0.2) is 47.4 Å². The van der Waals surface area contributed by atoms with Gasteiger partial charge >= 0.3 is 0 Å². The third-order valence-electron chi connectivity index (χ3n) is 6.22. The molecule has 4 radical (unpaired) electrons. The fourth-order valence-corrected chi connectivity index (χ4v) is 4.91. The minimum Gasteiger partial charge on any atom is -0.495 e. The zero-order valence-electron chi connectivity index (χ0n) is 20.3. The Morgan fingerprint density at radius 2 is 1.94 bits per heavy atom. The van der Waals surface area contributed by atoms with E-state index in [1.54, 1.807) is 11.0 Å². The average Bonchev–Trinajstić information content (AvgIpc) is 3.25. The molecule has 3 aromatic rings. The molecule has 0 unspecified atom stereocenters. The number of aromatic amines is 1. The molecule has 2 aromatic carbocycles. The summed E-state index contributed by atoms with van der Waals surface area (Å²) < 4.78 is 28.8. The van der Waals surface area contributed by atoms with Gasteiger partial charge in [-0.05, 0) is 49.1 Å². The van der Waals surface area contributed by atoms with Gasteiger partial charge in [-0.2, -0.15) is 0 Å². The topological polar surface area (TPSA) is 107 Å². The molecule has 4 N–H and O–H groups in total. The van der Waals surface area contributed by atoms with Crippen LogP contribution in [0.4, 0.5) is 11.4 Å². The van der Waals surface area contributed by atoms with Crippen molar-refractivity contribution < 1.29 is 18.3 Å². The summed E-state index contributed by atoms with van der Waals surface area (Å²) in [7, 11) is 9.37. The maximum absolute atomic E-state index is 11.8. The molecular formula is C25H28B2N4O4S. The Balaban J connectivity index is 1.41. The first-order chi connectivity index (χ1) is 17.0. The Hall–Kier alpha value is -3.06. The Bertz CT molecular complexity index is 1400. The van der Waals surface area contributed by atoms with E-state index in [0.29, 0.717) is 31.1 Å². The standard InChI is InChI=1S/C25H28B2N4O4S/c1-35-24-16-19(36(2,33)34)8-9-23(24)28-12-4-5-18-15-20-21(6-3-7-22(20)30-18)29-17-10-13-31(14-11-17)25(26,27)32/h3,6-9,15-17,28-30,32H,10-14H2,1-2H3. The Kier molecular flexibility index (Phi) is 7.59. The SMILES string of the molecule is [B]C([B])(O)N1CCC(Nc2cccc3[nH]c(C#CCNc4ccc(S(C)(=O)=O)cc4OC)cc23)CC1. The minimum absolute atomic E-state index is 0.198. The second-order valence-corrected chi connectivity index (χ2v) is 10.9. The number of sulfone groups is 1. The number of likely N-dealkylation sites (tertiary alicyclic amines) is 1. The van der Waals surface area contributed by atoms with Crippen LogP contribution in [0.25, 0.3) is 10.9 Å². The maximum Gasteiger partial charge on any atom is 0.175 e. The molecule has 1 fully saturated rings. The van der Waals surface area contributed by atoms with Crippen LogP contribution in [0.5, 0.6) is 5.75 Å². The van der Waals surface area contributed by atoms with Gasteiger partial charge in [-0.1, -0.05) is 12.0 Å². The maximum atomic E-state index is 11.8. The number of methoxy groups -OCH3 is 1. The van der Waals surface area contributed by atoms with Gasteiger partial charge in [0.1, 0.15) is 21.4 Å². The fourth-order valence-electron chi connectivity index (χ4n) is 4.28. The largest absolute Gasteiger partial charge is 0.495 e. The molecule has 1 aliphatic rings. The van der Waals surface area contributed by atoms with Crippen molar-refractivity contribution >= 4 is 47.8 Å². The van der Waals surface area contributed by atoms with E-state index in [-0.39, 0.29) is 10.9 Å². The number of piperidine rings is 1. The summed E-state index contributed by atoms with van der Waals surface area (Å²) in [5.41, 5.74) is 1.66. The van der Waals surface area contributed by atoms with Crippen molar-refractivity contribution in [1.82, 2.24) is 9.88 Å². The number of aliphatic hydroxyl groups is 1. The molecule has 0 atom stereocenters. The zero-order valence-corrected chi connectivity index (χ0v) is 21.2. The van der Waals surface area contributed by atoms with E-state index >= 15 is 0 Å². The zero-order chi connectivity index (χ0) is 25.9. The number of hydrogen-bond donors (Lipinski definition) is 4. The monoisotopic (exact) mass is 502 g/mol. The normalized spacial score (nSPS) is 15.3. The van der Waals surface area contributed by atoms with Crippen molar-refractivity contribution in [2.45, 2.75) is 29.3 Å². The molecule has 1 aliphatic heterocycles. The molecule has 0 saturated carbocycles. The van der Waals surface area contributed by atoms with Gasteiger partial charge in [0.25, 0.3) is 0 Å². The van der Waals surface area contributed by atoms with Crippen molar-refractivity contribution in [3.8, 4) is 17.6 Å². The van der Waals surface area contributed by atoms with Crippen molar-refractivity contribution in [3.05, 3.63) is 48.2 Å². The van der Waals surface area contributed by atoms with Gasteiger partial charge in [-0.3, -0.25) is 4.90 Å². The van der Waals surface area contributed by atoms with Crippen LogP contribution in [0.3, 0.4) is 0 Å². The number of nitrogens with zero attached hydrogens (tertiary/aromatic N) is 1. The number of aromatic nitrogens is 1. The minimum atomic E-state index is -3.32. The molecule has 0 aliphatic carbocycles. The quantitative estimate of drug-likeness (QED) is 0.289. The van der Waals surface area contributed by atoms with Crippen LogP contribution in [0.2, 0.25) is 0 Å². The molecule has 0 spiro atoms. The van der Waals surface area contributed by atoms with E-state index in [2.05, 4.69) is 27.5 Å². The summed E-state index contributed by atoms with van der Waals surface area (Å²) in [4.78, 5) is 5.20. The molecule has 11 heteroatoms. The van der Waals surface area contributed by atoms with E-state index in [0.717, 1.165) is 41.4 Å². The summed E-state index contributed by atoms with van der Waals surface area (Å²) in [6, 6.07) is 13.0. The number of benzene rings is 2. The number of rotatable bonds is 7. The van der Waals surface area contributed by atoms with Gasteiger partial charge in [-0.15, -0.1) is 0 Å². The van der Waals surface area contributed by atoms with E-state index in [4.69, 9.17) is 20.4 Å². The van der Waals surface area contributed by atoms with Gasteiger partial charge in [0, 0.05) is 53.6 Å². The molecule has 8 nitrogen and oxygen atoms in total. The summed E-state index contributed by atoms with van der Waals surface area (Å²) >= 11 is 0. The predicted molar refractivity (Wildman–Crippen MR) is 144 cm³/mol. The van der Waals surface area contributed by atoms with Crippen LogP contribution in [-0.2, 0) is 9.84 Å². The first-order valence-electron chi connectivity index (χ1n) is 11.6. The van der Waals surface area contributed by atoms with E-state index in [9.17, 15) is 13.5 Å². The van der Waals surface area contributed by atoms with E-state index < -0.39 is 15.4 Å². The first kappa shape index (κ1) is 26.0. The molecule has 184 valence electrons. The van der Waals surface area contributed by atoms with Crippen LogP contribution in [0, 0.1) is 11.8 Å². The van der Waals surface area contributed by atoms with E-state index in [1.165, 1.54) is 19.2 Å². The molecular weight excluding hydrogens is 474 g/mol. The van der Waals surface area contributed by atoms with Crippen molar-refractivity contribution in [1.29, 1.82) is 0 Å². The van der Waals surface area contributed by atoms with Crippen molar-refractivity contribution in [3.63, 3.8) is 0 Å². The van der Waals surface area contributed by atoms with Crippen LogP contribution < -0.4 is 15.4 Å². The number of anilines is 2. The van der Waals surface area contributed by atoms with Crippen LogP contribution >= 0.6 is 0 Å². The summed E-state index contributed by atoms with van der Waals surface area (Å²) in [6.07, 6.45) is 2.78. The highest BCUT2D eigenvalue weighted by Gasteiger charge is 2.27. The highest BCUT2D eigenvalue weighted by Crippen LogP contribution is 2.28. The third kappa shape index (κ3) is 6.19. The van der Waals surface area contributed by atoms with Gasteiger partial charge in [-0.25, -0.2) is 8.42 Å². The Labute approximate surface area is 214 Å². The summed E-state index contributed by atoms with van der Waals surface area (Å²) in [5, 5.41) is 17.6. The molecule has 0 amide bonds. The fraction of sp³-hybridized carbons (Fsp3) is 0.360. The predicted octanol–water partition coefficient (Wildman–Crippen LogP) is 1.86. The highest BCUT2D eigenvalue weighted by molar-refractivity contribution is 7.90.